The van der Waals surface area contributed by atoms with Crippen molar-refractivity contribution in [2.75, 3.05) is 0 Å². The molecule has 0 radical (unpaired) electrons. The van der Waals surface area contributed by atoms with Crippen LogP contribution in [0.3, 0.4) is 0 Å². The first-order valence-corrected chi connectivity index (χ1v) is 9.13. The van der Waals surface area contributed by atoms with Gasteiger partial charge in [-0.3, -0.25) is 0 Å². The Bertz CT molecular complexity index is 203. The topological polar surface area (TPSA) is 63.6 Å². The van der Waals surface area contributed by atoms with E-state index in [1.807, 2.05) is 0 Å². The molecule has 0 rings (SSSR count). The summed E-state index contributed by atoms with van der Waals surface area (Å²) in [6.45, 7) is 0. The minimum atomic E-state index is -4.99. The van der Waals surface area contributed by atoms with Crippen molar-refractivity contribution in [3.05, 3.63) is 0 Å². The van der Waals surface area contributed by atoms with Gasteiger partial charge in [0.25, 0.3) is 0 Å². The van der Waals surface area contributed by atoms with Crippen LogP contribution in [0, 0.1) is 0 Å². The molecule has 0 aromatic heterocycles. The Kier molecular flexibility index (Phi) is 4.30. The molecule has 0 aromatic rings. The molecule has 0 heterocycles. The summed E-state index contributed by atoms with van der Waals surface area (Å²) >= 11 is 5.97. The van der Waals surface area contributed by atoms with Gasteiger partial charge in [-0.25, -0.2) is 0 Å². The Morgan fingerprint density at radius 3 is 2.30 bits per heavy atom. The third-order valence-electron chi connectivity index (χ3n) is 0.419. The average Bonchev–Trinajstić information content (AvgIpc) is 1.61. The number of halogens is 4. The van der Waals surface area contributed by atoms with E-state index in [0.29, 0.717) is 0 Å². The molecule has 1 unspecified atom stereocenters. The monoisotopic (exact) mass is 369 g/mol. The fraction of sp³-hybridized carbons (Fsp3) is 1.00. The third kappa shape index (κ3) is 3.13. The maximum absolute atomic E-state index is 12.3. The van der Waals surface area contributed by atoms with E-state index in [4.69, 9.17) is 4.55 Å². The van der Waals surface area contributed by atoms with E-state index >= 15 is 0 Å². The van der Waals surface area contributed by atoms with Crippen molar-refractivity contribution in [2.24, 2.45) is 0 Å². The summed E-state index contributed by atoms with van der Waals surface area (Å²) in [5, 5.41) is 0. The van der Waals surface area contributed by atoms with Gasteiger partial charge in [0.1, 0.15) is 0 Å². The second kappa shape index (κ2) is 3.81. The molecule has 64 valence electrons. The van der Waals surface area contributed by atoms with E-state index < -0.39 is 34.2 Å². The first-order valence-electron chi connectivity index (χ1n) is 1.60. The summed E-state index contributed by atoms with van der Waals surface area (Å²) in [6, 6.07) is 0. The van der Waals surface area contributed by atoms with Gasteiger partial charge in [0.05, 0.1) is 0 Å². The van der Waals surface area contributed by atoms with E-state index in [1.165, 1.54) is 0 Å². The van der Waals surface area contributed by atoms with Gasteiger partial charge in [0.15, 0.2) is 0 Å². The Balaban J connectivity index is 4.42. The molecule has 0 aromatic carbocycles. The fourth-order valence-electron chi connectivity index (χ4n) is 0.0738. The molecule has 0 aliphatic carbocycles. The van der Waals surface area contributed by atoms with Crippen LogP contribution in [0.15, 0.2) is 0 Å². The standard InChI is InChI=1S/CHBrClFIO4S/c2-5-9-1(3,4)10(6,7)8/h(H,6,7,8)/q-1. The minimum absolute atomic E-state index is 1.28. The molecular weight excluding hydrogens is 369 g/mol. The fourth-order valence-corrected chi connectivity index (χ4v) is 3.58. The SMILES string of the molecule is O=S(=O)(O)C(F)(Cl)O[I-]Br. The van der Waals surface area contributed by atoms with Gasteiger partial charge in [-0.1, -0.05) is 0 Å². The van der Waals surface area contributed by atoms with Crippen LogP contribution in [-0.4, -0.2) is 17.6 Å². The van der Waals surface area contributed by atoms with Crippen LogP contribution in [-0.2, 0) is 13.2 Å². The first-order chi connectivity index (χ1) is 4.31. The van der Waals surface area contributed by atoms with E-state index in [2.05, 4.69) is 27.4 Å². The van der Waals surface area contributed by atoms with Crippen molar-refractivity contribution >= 4 is 34.4 Å². The van der Waals surface area contributed by atoms with Crippen molar-refractivity contribution in [2.45, 2.75) is 4.65 Å². The Morgan fingerprint density at radius 1 is 1.80 bits per heavy atom. The van der Waals surface area contributed by atoms with E-state index in [1.54, 1.807) is 0 Å². The molecule has 0 aliphatic rings. The quantitative estimate of drug-likeness (QED) is 0.356. The predicted octanol–water partition coefficient (Wildman–Crippen LogP) is -1.98. The molecule has 0 saturated carbocycles. The van der Waals surface area contributed by atoms with Crippen LogP contribution in [0.5, 0.6) is 0 Å². The first kappa shape index (κ1) is 11.3. The van der Waals surface area contributed by atoms with Crippen molar-refractivity contribution in [1.29, 1.82) is 0 Å². The van der Waals surface area contributed by atoms with Crippen molar-refractivity contribution < 1.29 is 39.8 Å². The molecule has 0 aliphatic heterocycles. The van der Waals surface area contributed by atoms with Crippen LogP contribution in [0.2, 0.25) is 0 Å². The van der Waals surface area contributed by atoms with Gasteiger partial charge in [0.2, 0.25) is 0 Å². The van der Waals surface area contributed by atoms with Gasteiger partial charge < -0.3 is 0 Å². The van der Waals surface area contributed by atoms with Crippen LogP contribution in [0.25, 0.3) is 0 Å². The molecule has 4 nitrogen and oxygen atoms in total. The summed E-state index contributed by atoms with van der Waals surface area (Å²) in [5.74, 6) is 0. The Morgan fingerprint density at radius 2 is 2.20 bits per heavy atom. The van der Waals surface area contributed by atoms with Crippen molar-refractivity contribution in [3.8, 4) is 0 Å². The number of hydrogen-bond donors (Lipinski definition) is 1. The molecule has 1 atom stereocenters. The van der Waals surface area contributed by atoms with Crippen LogP contribution < -0.4 is 19.4 Å². The summed E-state index contributed by atoms with van der Waals surface area (Å²) in [6.07, 6.45) is 0. The molecule has 1 N–H and O–H groups in total. The molecule has 0 saturated heterocycles. The van der Waals surface area contributed by atoms with Crippen LogP contribution >= 0.6 is 24.3 Å². The second-order valence-electron chi connectivity index (χ2n) is 1.07. The molecular formula is CHBrClFIO4S-. The zero-order valence-electron chi connectivity index (χ0n) is 4.09. The van der Waals surface area contributed by atoms with E-state index in [-0.39, 0.29) is 0 Å². The summed E-state index contributed by atoms with van der Waals surface area (Å²) in [7, 11) is -4.99. The average molecular weight is 370 g/mol. The number of alkyl halides is 2. The normalized spacial score (nSPS) is 18.8. The van der Waals surface area contributed by atoms with Gasteiger partial charge in [-0.15, -0.1) is 0 Å². The maximum atomic E-state index is 12.3. The predicted molar refractivity (Wildman–Crippen MR) is 31.3 cm³/mol. The number of hydrogen-bond acceptors (Lipinski definition) is 3. The summed E-state index contributed by atoms with van der Waals surface area (Å²) in [4.78, 5) is 0. The summed E-state index contributed by atoms with van der Waals surface area (Å²) in [5.41, 5.74) is 0. The molecule has 0 amide bonds. The molecule has 0 spiro atoms. The Labute approximate surface area is 78.4 Å². The number of rotatable bonds is 3. The van der Waals surface area contributed by atoms with Crippen molar-refractivity contribution in [1.82, 2.24) is 0 Å². The molecule has 0 fully saturated rings. The zero-order valence-corrected chi connectivity index (χ0v) is 9.41. The van der Waals surface area contributed by atoms with Gasteiger partial charge >= 0.3 is 78.9 Å². The zero-order chi connectivity index (χ0) is 8.41. The molecule has 0 bridgehead atoms. The van der Waals surface area contributed by atoms with Gasteiger partial charge in [-0.2, -0.15) is 0 Å². The summed E-state index contributed by atoms with van der Waals surface area (Å²) < 4.78 is 40.6. The van der Waals surface area contributed by atoms with Gasteiger partial charge in [-0.05, 0) is 0 Å². The van der Waals surface area contributed by atoms with E-state index in [0.717, 1.165) is 0 Å². The van der Waals surface area contributed by atoms with Crippen LogP contribution in [0.4, 0.5) is 4.39 Å². The van der Waals surface area contributed by atoms with E-state index in [9.17, 15) is 12.8 Å². The Hall–Kier alpha value is 1.30. The van der Waals surface area contributed by atoms with Gasteiger partial charge in [0, 0.05) is 0 Å². The van der Waals surface area contributed by atoms with Crippen molar-refractivity contribution in [3.63, 3.8) is 0 Å². The third-order valence-corrected chi connectivity index (χ3v) is 3.92. The van der Waals surface area contributed by atoms with Crippen LogP contribution in [0.1, 0.15) is 0 Å². The molecule has 9 heteroatoms. The second-order valence-corrected chi connectivity index (χ2v) is 5.67. The molecule has 10 heavy (non-hydrogen) atoms.